The van der Waals surface area contributed by atoms with Gasteiger partial charge in [0.2, 0.25) is 10.0 Å². The fraction of sp³-hybridized carbons (Fsp3) is 0.400. The van der Waals surface area contributed by atoms with E-state index < -0.39 is 14.9 Å². The molecule has 0 saturated heterocycles. The number of hydrogen-bond acceptors (Lipinski definition) is 4. The Labute approximate surface area is 100 Å². The SMILES string of the molecule is Cc1cc([N+](=O)[O-])c(S(=O)(=O)N(C)C)cc1C. The van der Waals surface area contributed by atoms with Crippen molar-refractivity contribution in [1.82, 2.24) is 4.31 Å². The summed E-state index contributed by atoms with van der Waals surface area (Å²) in [6.07, 6.45) is 0. The minimum absolute atomic E-state index is 0.268. The molecule has 0 unspecified atom stereocenters. The Morgan fingerprint density at radius 3 is 2.06 bits per heavy atom. The summed E-state index contributed by atoms with van der Waals surface area (Å²) >= 11 is 0. The zero-order valence-corrected chi connectivity index (χ0v) is 10.9. The van der Waals surface area contributed by atoms with Crippen molar-refractivity contribution in [3.63, 3.8) is 0 Å². The summed E-state index contributed by atoms with van der Waals surface area (Å²) in [5, 5.41) is 10.9. The van der Waals surface area contributed by atoms with Gasteiger partial charge in [-0.3, -0.25) is 10.1 Å². The Kier molecular flexibility index (Phi) is 3.53. The van der Waals surface area contributed by atoms with E-state index in [1.165, 1.54) is 26.2 Å². The maximum absolute atomic E-state index is 11.9. The van der Waals surface area contributed by atoms with Crippen LogP contribution in [0.25, 0.3) is 0 Å². The zero-order chi connectivity index (χ0) is 13.4. The highest BCUT2D eigenvalue weighted by Gasteiger charge is 2.28. The van der Waals surface area contributed by atoms with Crippen LogP contribution in [-0.2, 0) is 10.0 Å². The van der Waals surface area contributed by atoms with Crippen LogP contribution < -0.4 is 0 Å². The lowest BCUT2D eigenvalue weighted by Crippen LogP contribution is -2.23. The fourth-order valence-corrected chi connectivity index (χ4v) is 2.44. The minimum Gasteiger partial charge on any atom is -0.258 e. The third-order valence-corrected chi connectivity index (χ3v) is 4.37. The molecule has 0 spiro atoms. The highest BCUT2D eigenvalue weighted by molar-refractivity contribution is 7.89. The molecule has 1 aromatic rings. The van der Waals surface area contributed by atoms with Crippen LogP contribution >= 0.6 is 0 Å². The van der Waals surface area contributed by atoms with Gasteiger partial charge in [0.05, 0.1) is 4.92 Å². The summed E-state index contributed by atoms with van der Waals surface area (Å²) in [5.74, 6) is 0. The van der Waals surface area contributed by atoms with Gasteiger partial charge >= 0.3 is 0 Å². The number of benzene rings is 1. The van der Waals surface area contributed by atoms with E-state index in [0.29, 0.717) is 11.1 Å². The zero-order valence-electron chi connectivity index (χ0n) is 10.1. The Morgan fingerprint density at radius 2 is 1.65 bits per heavy atom. The molecule has 0 atom stereocenters. The highest BCUT2D eigenvalue weighted by Crippen LogP contribution is 2.28. The molecule has 0 aliphatic carbocycles. The predicted octanol–water partition coefficient (Wildman–Crippen LogP) is 1.46. The van der Waals surface area contributed by atoms with E-state index in [1.54, 1.807) is 13.8 Å². The van der Waals surface area contributed by atoms with Gasteiger partial charge in [0.1, 0.15) is 0 Å². The maximum Gasteiger partial charge on any atom is 0.289 e. The first-order chi connectivity index (χ1) is 7.67. The number of nitro groups is 1. The van der Waals surface area contributed by atoms with Crippen molar-refractivity contribution in [3.8, 4) is 0 Å². The number of rotatable bonds is 3. The van der Waals surface area contributed by atoms with Crippen LogP contribution in [0.4, 0.5) is 5.69 Å². The standard InChI is InChI=1S/C10H14N2O4S/c1-7-5-9(12(13)14)10(6-8(7)2)17(15,16)11(3)4/h5-6H,1-4H3. The molecule has 0 heterocycles. The van der Waals surface area contributed by atoms with Crippen LogP contribution in [0.3, 0.4) is 0 Å². The molecule has 1 rings (SSSR count). The summed E-state index contributed by atoms with van der Waals surface area (Å²) in [5.41, 5.74) is 1.01. The second-order valence-corrected chi connectivity index (χ2v) is 6.07. The molecule has 6 nitrogen and oxygen atoms in total. The van der Waals surface area contributed by atoms with Gasteiger partial charge in [-0.15, -0.1) is 0 Å². The molecular formula is C10H14N2O4S. The van der Waals surface area contributed by atoms with Crippen LogP contribution in [0.1, 0.15) is 11.1 Å². The first kappa shape index (κ1) is 13.6. The quantitative estimate of drug-likeness (QED) is 0.607. The van der Waals surface area contributed by atoms with Crippen molar-refractivity contribution in [2.45, 2.75) is 18.7 Å². The van der Waals surface area contributed by atoms with E-state index in [1.807, 2.05) is 0 Å². The van der Waals surface area contributed by atoms with Crippen LogP contribution in [0.15, 0.2) is 17.0 Å². The van der Waals surface area contributed by atoms with E-state index in [0.717, 1.165) is 4.31 Å². The lowest BCUT2D eigenvalue weighted by atomic mass is 10.1. The van der Waals surface area contributed by atoms with Gasteiger partial charge in [-0.05, 0) is 31.0 Å². The third-order valence-electron chi connectivity index (χ3n) is 2.53. The molecule has 7 heteroatoms. The molecule has 1 aromatic carbocycles. The second kappa shape index (κ2) is 4.42. The fourth-order valence-electron chi connectivity index (χ4n) is 1.32. The van der Waals surface area contributed by atoms with Gasteiger partial charge in [0.15, 0.2) is 4.90 Å². The van der Waals surface area contributed by atoms with Crippen molar-refractivity contribution in [2.24, 2.45) is 0 Å². The monoisotopic (exact) mass is 258 g/mol. The van der Waals surface area contributed by atoms with Gasteiger partial charge in [0.25, 0.3) is 5.69 Å². The van der Waals surface area contributed by atoms with Crippen LogP contribution in [0.5, 0.6) is 0 Å². The molecule has 0 aromatic heterocycles. The number of hydrogen-bond donors (Lipinski definition) is 0. The summed E-state index contributed by atoms with van der Waals surface area (Å²) < 4.78 is 24.8. The first-order valence-electron chi connectivity index (χ1n) is 4.86. The highest BCUT2D eigenvalue weighted by atomic mass is 32.2. The van der Waals surface area contributed by atoms with Gasteiger partial charge < -0.3 is 0 Å². The van der Waals surface area contributed by atoms with E-state index in [-0.39, 0.29) is 10.6 Å². The predicted molar refractivity (Wildman–Crippen MR) is 63.4 cm³/mol. The van der Waals surface area contributed by atoms with Gasteiger partial charge in [0, 0.05) is 20.2 Å². The summed E-state index contributed by atoms with van der Waals surface area (Å²) in [4.78, 5) is 9.93. The van der Waals surface area contributed by atoms with Gasteiger partial charge in [-0.1, -0.05) is 0 Å². The Hall–Kier alpha value is -1.47. The largest absolute Gasteiger partial charge is 0.289 e. The van der Waals surface area contributed by atoms with Crippen molar-refractivity contribution < 1.29 is 13.3 Å². The summed E-state index contributed by atoms with van der Waals surface area (Å²) in [7, 11) is -1.12. The molecular weight excluding hydrogens is 244 g/mol. The smallest absolute Gasteiger partial charge is 0.258 e. The second-order valence-electron chi connectivity index (χ2n) is 3.95. The molecule has 0 fully saturated rings. The van der Waals surface area contributed by atoms with E-state index in [9.17, 15) is 18.5 Å². The molecule has 17 heavy (non-hydrogen) atoms. The molecule has 94 valence electrons. The lowest BCUT2D eigenvalue weighted by Gasteiger charge is -2.12. The van der Waals surface area contributed by atoms with E-state index in [4.69, 9.17) is 0 Å². The van der Waals surface area contributed by atoms with Crippen LogP contribution in [0.2, 0.25) is 0 Å². The molecule has 0 aliphatic rings. The topological polar surface area (TPSA) is 80.5 Å². The summed E-state index contributed by atoms with van der Waals surface area (Å²) in [6, 6.07) is 2.62. The maximum atomic E-state index is 11.9. The number of sulfonamides is 1. The van der Waals surface area contributed by atoms with E-state index in [2.05, 4.69) is 0 Å². The van der Waals surface area contributed by atoms with Gasteiger partial charge in [-0.2, -0.15) is 0 Å². The van der Waals surface area contributed by atoms with Crippen molar-refractivity contribution in [3.05, 3.63) is 33.4 Å². The van der Waals surface area contributed by atoms with Gasteiger partial charge in [-0.25, -0.2) is 12.7 Å². The van der Waals surface area contributed by atoms with Crippen LogP contribution in [0, 0.1) is 24.0 Å². The molecule has 0 amide bonds. The molecule has 0 bridgehead atoms. The number of aryl methyl sites for hydroxylation is 2. The number of nitro benzene ring substituents is 1. The summed E-state index contributed by atoms with van der Waals surface area (Å²) in [6.45, 7) is 3.42. The molecule has 0 radical (unpaired) electrons. The molecule has 0 aliphatic heterocycles. The molecule has 0 saturated carbocycles. The lowest BCUT2D eigenvalue weighted by molar-refractivity contribution is -0.387. The average Bonchev–Trinajstić information content (AvgIpc) is 2.20. The van der Waals surface area contributed by atoms with Crippen molar-refractivity contribution in [1.29, 1.82) is 0 Å². The van der Waals surface area contributed by atoms with Crippen LogP contribution in [-0.4, -0.2) is 31.7 Å². The molecule has 0 N–H and O–H groups in total. The first-order valence-corrected chi connectivity index (χ1v) is 6.30. The Bertz CT molecular complexity index is 564. The number of nitrogens with zero attached hydrogens (tertiary/aromatic N) is 2. The Morgan fingerprint density at radius 1 is 1.18 bits per heavy atom. The van der Waals surface area contributed by atoms with E-state index >= 15 is 0 Å². The third kappa shape index (κ3) is 2.45. The minimum atomic E-state index is -3.80. The average molecular weight is 258 g/mol. The normalized spacial score (nSPS) is 11.8. The van der Waals surface area contributed by atoms with Crippen molar-refractivity contribution in [2.75, 3.05) is 14.1 Å². The Balaban J connectivity index is 3.64. The van der Waals surface area contributed by atoms with Crippen molar-refractivity contribution >= 4 is 15.7 Å².